The summed E-state index contributed by atoms with van der Waals surface area (Å²) >= 11 is 1.65. The number of nitrogens with zero attached hydrogens (tertiary/aromatic N) is 2. The Morgan fingerprint density at radius 3 is 2.88 bits per heavy atom. The summed E-state index contributed by atoms with van der Waals surface area (Å²) < 4.78 is 0. The molecule has 0 spiro atoms. The van der Waals surface area contributed by atoms with Gasteiger partial charge in [0.25, 0.3) is 0 Å². The first-order valence-electron chi connectivity index (χ1n) is 5.12. The number of aliphatic hydroxyl groups is 1. The SMILES string of the molecule is Cc1cc2c(NC(C)(C)CO)ncnc2s1. The second kappa shape index (κ2) is 3.99. The Morgan fingerprint density at radius 1 is 1.44 bits per heavy atom. The summed E-state index contributed by atoms with van der Waals surface area (Å²) in [6, 6.07) is 2.07. The van der Waals surface area contributed by atoms with Gasteiger partial charge in [-0.1, -0.05) is 0 Å². The van der Waals surface area contributed by atoms with E-state index in [9.17, 15) is 5.11 Å². The highest BCUT2D eigenvalue weighted by atomic mass is 32.1. The molecule has 5 heteroatoms. The van der Waals surface area contributed by atoms with E-state index in [0.29, 0.717) is 0 Å². The molecular weight excluding hydrogens is 222 g/mol. The molecule has 4 nitrogen and oxygen atoms in total. The molecule has 0 radical (unpaired) electrons. The van der Waals surface area contributed by atoms with Gasteiger partial charge >= 0.3 is 0 Å². The van der Waals surface area contributed by atoms with Gasteiger partial charge in [-0.2, -0.15) is 0 Å². The molecule has 16 heavy (non-hydrogen) atoms. The largest absolute Gasteiger partial charge is 0.394 e. The maximum absolute atomic E-state index is 9.23. The zero-order valence-corrected chi connectivity index (χ0v) is 10.4. The van der Waals surface area contributed by atoms with Crippen molar-refractivity contribution in [2.75, 3.05) is 11.9 Å². The first-order valence-corrected chi connectivity index (χ1v) is 5.94. The number of aliphatic hydroxyl groups excluding tert-OH is 1. The summed E-state index contributed by atoms with van der Waals surface area (Å²) in [5, 5.41) is 13.5. The van der Waals surface area contributed by atoms with Gasteiger partial charge in [0.05, 0.1) is 17.5 Å². The lowest BCUT2D eigenvalue weighted by atomic mass is 10.1. The number of thiophene rings is 1. The van der Waals surface area contributed by atoms with Crippen molar-refractivity contribution >= 4 is 27.4 Å². The van der Waals surface area contributed by atoms with E-state index in [4.69, 9.17) is 0 Å². The quantitative estimate of drug-likeness (QED) is 0.859. The summed E-state index contributed by atoms with van der Waals surface area (Å²) in [5.41, 5.74) is -0.378. The van der Waals surface area contributed by atoms with E-state index >= 15 is 0 Å². The lowest BCUT2D eigenvalue weighted by molar-refractivity contribution is 0.234. The van der Waals surface area contributed by atoms with Crippen LogP contribution in [0.3, 0.4) is 0 Å². The van der Waals surface area contributed by atoms with Gasteiger partial charge in [-0.3, -0.25) is 0 Å². The molecule has 2 aromatic rings. The summed E-state index contributed by atoms with van der Waals surface area (Å²) in [4.78, 5) is 10.6. The molecule has 2 rings (SSSR count). The Balaban J connectivity index is 2.44. The van der Waals surface area contributed by atoms with Crippen molar-refractivity contribution in [1.82, 2.24) is 9.97 Å². The zero-order valence-electron chi connectivity index (χ0n) is 9.61. The van der Waals surface area contributed by atoms with Gasteiger partial charge < -0.3 is 10.4 Å². The molecule has 0 atom stereocenters. The lowest BCUT2D eigenvalue weighted by Crippen LogP contribution is -2.35. The third-order valence-electron chi connectivity index (χ3n) is 2.30. The van der Waals surface area contributed by atoms with Crippen LogP contribution in [0.4, 0.5) is 5.82 Å². The van der Waals surface area contributed by atoms with Gasteiger partial charge in [-0.25, -0.2) is 9.97 Å². The topological polar surface area (TPSA) is 58.0 Å². The van der Waals surface area contributed by atoms with Crippen LogP contribution in [0.15, 0.2) is 12.4 Å². The molecule has 0 unspecified atom stereocenters. The van der Waals surface area contributed by atoms with E-state index in [1.54, 1.807) is 17.7 Å². The van der Waals surface area contributed by atoms with Gasteiger partial charge in [-0.15, -0.1) is 11.3 Å². The van der Waals surface area contributed by atoms with Gasteiger partial charge in [-0.05, 0) is 26.8 Å². The Kier molecular flexibility index (Phi) is 2.82. The average Bonchev–Trinajstić information content (AvgIpc) is 2.59. The van der Waals surface area contributed by atoms with Crippen LogP contribution in [0.1, 0.15) is 18.7 Å². The standard InChI is InChI=1S/C11H15N3OS/c1-7-4-8-9(14-11(2,3)5-15)12-6-13-10(8)16-7/h4,6,15H,5H2,1-3H3,(H,12,13,14). The number of aromatic nitrogens is 2. The first kappa shape index (κ1) is 11.3. The van der Waals surface area contributed by atoms with Crippen molar-refractivity contribution in [3.63, 3.8) is 0 Å². The minimum absolute atomic E-state index is 0.0572. The van der Waals surface area contributed by atoms with E-state index in [1.165, 1.54) is 4.88 Å². The van der Waals surface area contributed by atoms with E-state index in [2.05, 4.69) is 21.4 Å². The number of aryl methyl sites for hydroxylation is 1. The summed E-state index contributed by atoms with van der Waals surface area (Å²) in [5.74, 6) is 0.786. The normalized spacial score (nSPS) is 12.0. The van der Waals surface area contributed by atoms with Crippen LogP contribution < -0.4 is 5.32 Å². The van der Waals surface area contributed by atoms with Crippen molar-refractivity contribution in [3.8, 4) is 0 Å². The summed E-state index contributed by atoms with van der Waals surface area (Å²) in [6.45, 7) is 5.97. The van der Waals surface area contributed by atoms with Crippen molar-refractivity contribution < 1.29 is 5.11 Å². The van der Waals surface area contributed by atoms with Crippen LogP contribution >= 0.6 is 11.3 Å². The molecule has 0 aliphatic carbocycles. The van der Waals surface area contributed by atoms with E-state index in [-0.39, 0.29) is 12.1 Å². The molecule has 0 bridgehead atoms. The Morgan fingerprint density at radius 2 is 2.19 bits per heavy atom. The Bertz CT molecular complexity index is 507. The van der Waals surface area contributed by atoms with E-state index in [0.717, 1.165) is 16.0 Å². The predicted molar refractivity (Wildman–Crippen MR) is 66.9 cm³/mol. The summed E-state index contributed by atoms with van der Waals surface area (Å²) in [6.07, 6.45) is 1.55. The van der Waals surface area contributed by atoms with Crippen LogP contribution in [0.5, 0.6) is 0 Å². The second-order valence-corrected chi connectivity index (χ2v) is 5.70. The smallest absolute Gasteiger partial charge is 0.138 e. The Hall–Kier alpha value is -1.20. The van der Waals surface area contributed by atoms with E-state index in [1.807, 2.05) is 20.8 Å². The highest BCUT2D eigenvalue weighted by Crippen LogP contribution is 2.28. The maximum atomic E-state index is 9.23. The molecule has 2 N–H and O–H groups in total. The minimum atomic E-state index is -0.378. The Labute approximate surface area is 98.4 Å². The van der Waals surface area contributed by atoms with Crippen LogP contribution in [-0.2, 0) is 0 Å². The highest BCUT2D eigenvalue weighted by Gasteiger charge is 2.18. The van der Waals surface area contributed by atoms with Crippen LogP contribution in [-0.4, -0.2) is 27.2 Å². The van der Waals surface area contributed by atoms with Crippen LogP contribution in [0, 0.1) is 6.92 Å². The number of hydrogen-bond acceptors (Lipinski definition) is 5. The predicted octanol–water partition coefficient (Wildman–Crippen LogP) is 2.18. The third-order valence-corrected chi connectivity index (χ3v) is 3.26. The fourth-order valence-electron chi connectivity index (χ4n) is 1.44. The lowest BCUT2D eigenvalue weighted by Gasteiger charge is -2.24. The van der Waals surface area contributed by atoms with Crippen LogP contribution in [0.25, 0.3) is 10.2 Å². The molecule has 0 saturated carbocycles. The van der Waals surface area contributed by atoms with Crippen molar-refractivity contribution in [2.45, 2.75) is 26.3 Å². The molecule has 0 amide bonds. The second-order valence-electron chi connectivity index (χ2n) is 4.47. The molecule has 0 fully saturated rings. The van der Waals surface area contributed by atoms with Gasteiger partial charge in [0.2, 0.25) is 0 Å². The number of nitrogens with one attached hydrogen (secondary N) is 1. The molecule has 0 saturated heterocycles. The third kappa shape index (κ3) is 2.15. The van der Waals surface area contributed by atoms with Gasteiger partial charge in [0, 0.05) is 4.88 Å². The van der Waals surface area contributed by atoms with Gasteiger partial charge in [0.15, 0.2) is 0 Å². The number of rotatable bonds is 3. The maximum Gasteiger partial charge on any atom is 0.138 e. The van der Waals surface area contributed by atoms with Crippen molar-refractivity contribution in [1.29, 1.82) is 0 Å². The van der Waals surface area contributed by atoms with Gasteiger partial charge in [0.1, 0.15) is 17.0 Å². The molecule has 2 heterocycles. The number of hydrogen-bond donors (Lipinski definition) is 2. The number of fused-ring (bicyclic) bond motifs is 1. The van der Waals surface area contributed by atoms with Crippen molar-refractivity contribution in [2.24, 2.45) is 0 Å². The van der Waals surface area contributed by atoms with E-state index < -0.39 is 0 Å². The fraction of sp³-hybridized carbons (Fsp3) is 0.455. The molecule has 0 aliphatic rings. The van der Waals surface area contributed by atoms with Crippen LogP contribution in [0.2, 0.25) is 0 Å². The minimum Gasteiger partial charge on any atom is -0.394 e. The zero-order chi connectivity index (χ0) is 11.8. The summed E-state index contributed by atoms with van der Waals surface area (Å²) in [7, 11) is 0. The highest BCUT2D eigenvalue weighted by molar-refractivity contribution is 7.18. The molecular formula is C11H15N3OS. The molecule has 0 aromatic carbocycles. The molecule has 2 aromatic heterocycles. The monoisotopic (exact) mass is 237 g/mol. The average molecular weight is 237 g/mol. The number of anilines is 1. The first-order chi connectivity index (χ1) is 7.52. The molecule has 86 valence electrons. The fourth-order valence-corrected chi connectivity index (χ4v) is 2.28. The van der Waals surface area contributed by atoms with Crippen molar-refractivity contribution in [3.05, 3.63) is 17.3 Å². The molecule has 0 aliphatic heterocycles.